The number of carbonyl (C=O) groups is 1. The van der Waals surface area contributed by atoms with Gasteiger partial charge in [-0.2, -0.15) is 13.2 Å². The van der Waals surface area contributed by atoms with Gasteiger partial charge in [-0.15, -0.1) is 0 Å². The lowest BCUT2D eigenvalue weighted by Gasteiger charge is -2.28. The van der Waals surface area contributed by atoms with Gasteiger partial charge < -0.3 is 20.5 Å². The molecule has 192 valence electrons. The molecular formula is C25H29F5N2O3. The zero-order valence-electron chi connectivity index (χ0n) is 19.7. The maximum atomic E-state index is 13.7. The fourth-order valence-corrected chi connectivity index (χ4v) is 3.85. The zero-order chi connectivity index (χ0) is 26.0. The van der Waals surface area contributed by atoms with Crippen LogP contribution in [-0.2, 0) is 22.9 Å². The normalized spacial score (nSPS) is 16.9. The second-order valence-electron chi connectivity index (χ2n) is 9.84. The van der Waals surface area contributed by atoms with Crippen LogP contribution in [0.3, 0.4) is 0 Å². The first kappa shape index (κ1) is 26.9. The van der Waals surface area contributed by atoms with Crippen molar-refractivity contribution in [1.29, 1.82) is 0 Å². The molecule has 0 radical (unpaired) electrons. The Morgan fingerprint density at radius 2 is 1.71 bits per heavy atom. The molecule has 1 fully saturated rings. The Hall–Kier alpha value is -2.72. The number of ether oxygens (including phenoxy) is 1. The molecule has 0 aromatic heterocycles. The molecule has 3 rings (SSSR count). The summed E-state index contributed by atoms with van der Waals surface area (Å²) in [6.07, 6.45) is -5.50. The highest BCUT2D eigenvalue weighted by molar-refractivity contribution is 5.68. The highest BCUT2D eigenvalue weighted by Crippen LogP contribution is 2.46. The van der Waals surface area contributed by atoms with Crippen LogP contribution in [0, 0.1) is 11.6 Å². The summed E-state index contributed by atoms with van der Waals surface area (Å²) in [4.78, 5) is 12.3. The summed E-state index contributed by atoms with van der Waals surface area (Å²) in [5, 5.41) is 16.5. The predicted octanol–water partition coefficient (Wildman–Crippen LogP) is 5.06. The molecule has 0 unspecified atom stereocenters. The number of rotatable bonds is 8. The molecule has 0 saturated heterocycles. The van der Waals surface area contributed by atoms with Gasteiger partial charge >= 0.3 is 12.3 Å². The third-order valence-electron chi connectivity index (χ3n) is 5.69. The van der Waals surface area contributed by atoms with Crippen LogP contribution in [0.25, 0.3) is 0 Å². The van der Waals surface area contributed by atoms with Crippen molar-refractivity contribution in [2.45, 2.75) is 69.5 Å². The molecule has 0 aliphatic heterocycles. The van der Waals surface area contributed by atoms with Crippen LogP contribution < -0.4 is 10.6 Å². The van der Waals surface area contributed by atoms with Gasteiger partial charge in [0.05, 0.1) is 17.7 Å². The zero-order valence-corrected chi connectivity index (χ0v) is 19.7. The minimum atomic E-state index is -4.48. The number of hydrogen-bond donors (Lipinski definition) is 3. The van der Waals surface area contributed by atoms with E-state index < -0.39 is 52.8 Å². The van der Waals surface area contributed by atoms with Crippen molar-refractivity contribution in [1.82, 2.24) is 10.6 Å². The smallest absolute Gasteiger partial charge is 0.416 e. The van der Waals surface area contributed by atoms with Crippen molar-refractivity contribution in [3.63, 3.8) is 0 Å². The first-order chi connectivity index (χ1) is 16.2. The number of benzene rings is 2. The van der Waals surface area contributed by atoms with Crippen molar-refractivity contribution in [3.05, 3.63) is 70.8 Å². The van der Waals surface area contributed by atoms with Gasteiger partial charge in [0.25, 0.3) is 0 Å². The fourth-order valence-electron chi connectivity index (χ4n) is 3.85. The van der Waals surface area contributed by atoms with Gasteiger partial charge in [0.2, 0.25) is 0 Å². The average molecular weight is 501 g/mol. The van der Waals surface area contributed by atoms with E-state index in [2.05, 4.69) is 10.6 Å². The Morgan fingerprint density at radius 3 is 2.26 bits per heavy atom. The van der Waals surface area contributed by atoms with Crippen molar-refractivity contribution in [2.24, 2.45) is 0 Å². The van der Waals surface area contributed by atoms with Crippen LogP contribution in [-0.4, -0.2) is 35.5 Å². The largest absolute Gasteiger partial charge is 0.444 e. The fraction of sp³-hybridized carbons (Fsp3) is 0.480. The van der Waals surface area contributed by atoms with Gasteiger partial charge in [-0.05, 0) is 75.4 Å². The quantitative estimate of drug-likeness (QED) is 0.444. The van der Waals surface area contributed by atoms with Gasteiger partial charge in [0.1, 0.15) is 17.2 Å². The van der Waals surface area contributed by atoms with E-state index in [-0.39, 0.29) is 18.5 Å². The molecule has 0 bridgehead atoms. The molecule has 1 aliphatic rings. The molecule has 1 aliphatic carbocycles. The Labute approximate surface area is 200 Å². The van der Waals surface area contributed by atoms with Crippen LogP contribution in [0.1, 0.15) is 50.3 Å². The van der Waals surface area contributed by atoms with Gasteiger partial charge in [-0.25, -0.2) is 13.6 Å². The standard InChI is InChI=1S/C25H29F5N2O3/c1-23(2,3)35-22(34)32-20(11-15-9-18(26)13-19(27)10-15)21(33)14-31-24(7-8-24)16-5-4-6-17(12-16)25(28,29)30/h4-6,9-10,12-13,20-21,31,33H,7-8,11,14H2,1-3H3,(H,32,34)/t20-,21+/m0/s1. The van der Waals surface area contributed by atoms with E-state index in [1.54, 1.807) is 26.8 Å². The Kier molecular flexibility index (Phi) is 7.76. The minimum absolute atomic E-state index is 0.0888. The highest BCUT2D eigenvalue weighted by Gasteiger charge is 2.45. The third kappa shape index (κ3) is 7.63. The van der Waals surface area contributed by atoms with Crippen LogP contribution in [0.2, 0.25) is 0 Å². The number of hydrogen-bond acceptors (Lipinski definition) is 4. The molecule has 1 saturated carbocycles. The number of alkyl carbamates (subject to hydrolysis) is 1. The van der Waals surface area contributed by atoms with E-state index in [0.29, 0.717) is 24.5 Å². The maximum Gasteiger partial charge on any atom is 0.416 e. The summed E-state index contributed by atoms with van der Waals surface area (Å²) in [5.41, 5.74) is -1.65. The van der Waals surface area contributed by atoms with Crippen molar-refractivity contribution in [3.8, 4) is 0 Å². The minimum Gasteiger partial charge on any atom is -0.444 e. The monoisotopic (exact) mass is 500 g/mol. The molecule has 35 heavy (non-hydrogen) atoms. The number of aliphatic hydroxyl groups is 1. The molecule has 1 amide bonds. The van der Waals surface area contributed by atoms with Crippen molar-refractivity contribution in [2.75, 3.05) is 6.54 Å². The molecule has 5 nitrogen and oxygen atoms in total. The first-order valence-electron chi connectivity index (χ1n) is 11.2. The van der Waals surface area contributed by atoms with E-state index in [0.717, 1.165) is 24.3 Å². The molecule has 10 heteroatoms. The lowest BCUT2D eigenvalue weighted by molar-refractivity contribution is -0.137. The van der Waals surface area contributed by atoms with Crippen LogP contribution in [0.4, 0.5) is 26.7 Å². The second-order valence-corrected chi connectivity index (χ2v) is 9.84. The number of amides is 1. The SMILES string of the molecule is CC(C)(C)OC(=O)N[C@@H](Cc1cc(F)cc(F)c1)[C@H](O)CNC1(c2cccc(C(F)(F)F)c2)CC1. The van der Waals surface area contributed by atoms with Gasteiger partial charge in [0.15, 0.2) is 0 Å². The first-order valence-corrected chi connectivity index (χ1v) is 11.2. The van der Waals surface area contributed by atoms with E-state index in [4.69, 9.17) is 4.74 Å². The summed E-state index contributed by atoms with van der Waals surface area (Å²) in [5.74, 6) is -1.60. The summed E-state index contributed by atoms with van der Waals surface area (Å²) >= 11 is 0. The predicted molar refractivity (Wildman–Crippen MR) is 120 cm³/mol. The number of carbonyl (C=O) groups excluding carboxylic acids is 1. The Morgan fingerprint density at radius 1 is 1.09 bits per heavy atom. The second kappa shape index (κ2) is 10.1. The van der Waals surface area contributed by atoms with E-state index >= 15 is 0 Å². The highest BCUT2D eigenvalue weighted by atomic mass is 19.4. The molecule has 2 aromatic carbocycles. The van der Waals surface area contributed by atoms with E-state index in [1.165, 1.54) is 6.07 Å². The van der Waals surface area contributed by atoms with E-state index in [1.807, 2.05) is 0 Å². The van der Waals surface area contributed by atoms with Crippen LogP contribution in [0.5, 0.6) is 0 Å². The lowest BCUT2D eigenvalue weighted by Crippen LogP contribution is -2.51. The summed E-state index contributed by atoms with van der Waals surface area (Å²) in [6, 6.07) is 6.91. The Balaban J connectivity index is 1.74. The lowest BCUT2D eigenvalue weighted by atomic mass is 9.98. The number of halogens is 5. The molecular weight excluding hydrogens is 471 g/mol. The molecule has 2 aromatic rings. The van der Waals surface area contributed by atoms with Gasteiger partial charge in [-0.1, -0.05) is 12.1 Å². The van der Waals surface area contributed by atoms with E-state index in [9.17, 15) is 31.9 Å². The van der Waals surface area contributed by atoms with Crippen molar-refractivity contribution >= 4 is 6.09 Å². The summed E-state index contributed by atoms with van der Waals surface area (Å²) in [7, 11) is 0. The number of nitrogens with one attached hydrogen (secondary N) is 2. The van der Waals surface area contributed by atoms with Gasteiger partial charge in [-0.3, -0.25) is 0 Å². The topological polar surface area (TPSA) is 70.6 Å². The summed E-state index contributed by atoms with van der Waals surface area (Å²) in [6.45, 7) is 4.89. The Bertz CT molecular complexity index is 1030. The molecule has 3 N–H and O–H groups in total. The third-order valence-corrected chi connectivity index (χ3v) is 5.69. The van der Waals surface area contributed by atoms with Gasteiger partial charge in [0, 0.05) is 18.2 Å². The summed E-state index contributed by atoms with van der Waals surface area (Å²) < 4.78 is 72.0. The van der Waals surface area contributed by atoms with Crippen LogP contribution >= 0.6 is 0 Å². The maximum absolute atomic E-state index is 13.7. The molecule has 2 atom stereocenters. The van der Waals surface area contributed by atoms with Crippen molar-refractivity contribution < 1.29 is 36.6 Å². The average Bonchev–Trinajstić information content (AvgIpc) is 3.50. The molecule has 0 spiro atoms. The number of alkyl halides is 3. The molecule has 0 heterocycles. The number of aliphatic hydroxyl groups excluding tert-OH is 1. The van der Waals surface area contributed by atoms with Crippen LogP contribution in [0.15, 0.2) is 42.5 Å².